The summed E-state index contributed by atoms with van der Waals surface area (Å²) in [6, 6.07) is 17.5. The topological polar surface area (TPSA) is 80.1 Å². The van der Waals surface area contributed by atoms with E-state index in [2.05, 4.69) is 14.5 Å². The molecule has 2 heterocycles. The zero-order valence-electron chi connectivity index (χ0n) is 20.5. The van der Waals surface area contributed by atoms with Crippen molar-refractivity contribution in [3.63, 3.8) is 0 Å². The maximum atomic E-state index is 12.1. The fourth-order valence-electron chi connectivity index (χ4n) is 4.32. The number of amides is 1. The van der Waals surface area contributed by atoms with E-state index in [4.69, 9.17) is 9.47 Å². The molecule has 1 N–H and O–H groups in total. The first-order chi connectivity index (χ1) is 16.9. The minimum atomic E-state index is -1.17. The van der Waals surface area contributed by atoms with Crippen molar-refractivity contribution in [3.05, 3.63) is 78.4 Å². The summed E-state index contributed by atoms with van der Waals surface area (Å²) in [7, 11) is 0. The number of ether oxygens (including phenoxy) is 2. The van der Waals surface area contributed by atoms with Gasteiger partial charge in [-0.25, -0.2) is 4.98 Å². The van der Waals surface area contributed by atoms with E-state index in [0.29, 0.717) is 38.5 Å². The molecule has 0 aliphatic carbocycles. The number of aliphatic hydroxyl groups is 1. The lowest BCUT2D eigenvalue weighted by Gasteiger charge is -2.32. The average molecular weight is 479 g/mol. The van der Waals surface area contributed by atoms with Crippen molar-refractivity contribution in [2.24, 2.45) is 0 Å². The molecule has 35 heavy (non-hydrogen) atoms. The van der Waals surface area contributed by atoms with Crippen LogP contribution < -0.4 is 9.47 Å². The maximum absolute atomic E-state index is 12.1. The number of benzene rings is 2. The summed E-state index contributed by atoms with van der Waals surface area (Å²) in [5, 5.41) is 11.4. The van der Waals surface area contributed by atoms with Crippen molar-refractivity contribution in [1.29, 1.82) is 0 Å². The minimum Gasteiger partial charge on any atom is -0.492 e. The number of aryl methyl sites for hydroxylation is 1. The third-order valence-electron chi connectivity index (χ3n) is 6.24. The molecule has 3 aromatic rings. The number of carbonyl (C=O) groups is 1. The van der Waals surface area contributed by atoms with E-state index < -0.39 is 5.60 Å². The molecule has 1 aliphatic rings. The number of nitrogens with zero attached hydrogens (tertiary/aromatic N) is 4. The second-order valence-corrected chi connectivity index (χ2v) is 9.14. The van der Waals surface area contributed by atoms with Crippen molar-refractivity contribution in [2.75, 3.05) is 39.4 Å². The van der Waals surface area contributed by atoms with Gasteiger partial charge in [0.25, 0.3) is 0 Å². The summed E-state index contributed by atoms with van der Waals surface area (Å²) in [4.78, 5) is 20.2. The van der Waals surface area contributed by atoms with Crippen LogP contribution in [0.15, 0.2) is 67.0 Å². The van der Waals surface area contributed by atoms with Crippen LogP contribution in [-0.4, -0.2) is 75.4 Å². The Hall–Kier alpha value is -3.36. The average Bonchev–Trinajstić information content (AvgIpc) is 3.18. The largest absolute Gasteiger partial charge is 0.492 e. The van der Waals surface area contributed by atoms with Gasteiger partial charge in [0.05, 0.1) is 13.1 Å². The highest BCUT2D eigenvalue weighted by atomic mass is 16.5. The number of rotatable bonds is 9. The van der Waals surface area contributed by atoms with Gasteiger partial charge in [-0.15, -0.1) is 0 Å². The lowest BCUT2D eigenvalue weighted by molar-refractivity contribution is -0.132. The summed E-state index contributed by atoms with van der Waals surface area (Å²) >= 11 is 0. The molecule has 4 rings (SSSR count). The Balaban J connectivity index is 1.35. The summed E-state index contributed by atoms with van der Waals surface area (Å²) in [5.74, 6) is 2.44. The molecule has 2 aromatic carbocycles. The maximum Gasteiger partial charge on any atom is 0.219 e. The second kappa shape index (κ2) is 11.4. The number of para-hydroxylation sites is 1. The molecule has 1 fully saturated rings. The van der Waals surface area contributed by atoms with Crippen LogP contribution in [0.4, 0.5) is 0 Å². The summed E-state index contributed by atoms with van der Waals surface area (Å²) in [6.45, 7) is 7.50. The predicted octanol–water partition coefficient (Wildman–Crippen LogP) is 2.74. The molecule has 8 heteroatoms. The Morgan fingerprint density at radius 3 is 2.46 bits per heavy atom. The molecule has 0 saturated carbocycles. The van der Waals surface area contributed by atoms with Crippen LogP contribution >= 0.6 is 0 Å². The molecular formula is C27H34N4O4. The molecular weight excluding hydrogens is 444 g/mol. The van der Waals surface area contributed by atoms with Crippen molar-refractivity contribution in [2.45, 2.75) is 32.5 Å². The lowest BCUT2D eigenvalue weighted by Crippen LogP contribution is -2.51. The monoisotopic (exact) mass is 478 g/mol. The standard InChI is InChI=1S/C27H34N4O4/c1-22-28-12-13-30(22)16-17-34-26-10-8-24(9-11-26)18-29-14-15-31(23(2)32)20-27(33,19-29)21-35-25-6-4-3-5-7-25/h3-13,33H,14-21H2,1-2H3/t27-/m0/s1. The number of imidazole rings is 1. The minimum absolute atomic E-state index is 0.0441. The normalized spacial score (nSPS) is 18.8. The molecule has 1 aliphatic heterocycles. The van der Waals surface area contributed by atoms with Gasteiger partial charge in [-0.1, -0.05) is 30.3 Å². The number of hydrogen-bond acceptors (Lipinski definition) is 6. The summed E-state index contributed by atoms with van der Waals surface area (Å²) in [6.07, 6.45) is 3.74. The van der Waals surface area contributed by atoms with E-state index in [-0.39, 0.29) is 19.1 Å². The van der Waals surface area contributed by atoms with Crippen molar-refractivity contribution in [1.82, 2.24) is 19.4 Å². The molecule has 1 atom stereocenters. The second-order valence-electron chi connectivity index (χ2n) is 9.14. The van der Waals surface area contributed by atoms with Crippen LogP contribution in [0.25, 0.3) is 0 Å². The Bertz CT molecular complexity index is 1090. The number of hydrogen-bond donors (Lipinski definition) is 1. The Morgan fingerprint density at radius 1 is 1.03 bits per heavy atom. The Kier molecular flexibility index (Phi) is 8.05. The van der Waals surface area contributed by atoms with E-state index in [1.54, 1.807) is 18.0 Å². The zero-order chi connectivity index (χ0) is 24.7. The Labute approximate surface area is 206 Å². The van der Waals surface area contributed by atoms with E-state index >= 15 is 0 Å². The van der Waals surface area contributed by atoms with Crippen LogP contribution in [0.5, 0.6) is 11.5 Å². The fraction of sp³-hybridized carbons (Fsp3) is 0.407. The highest BCUT2D eigenvalue weighted by Gasteiger charge is 2.36. The molecule has 186 valence electrons. The van der Waals surface area contributed by atoms with Gasteiger partial charge in [-0.2, -0.15) is 0 Å². The third kappa shape index (κ3) is 7.07. The van der Waals surface area contributed by atoms with Gasteiger partial charge in [-0.3, -0.25) is 9.69 Å². The van der Waals surface area contributed by atoms with E-state index in [1.165, 1.54) is 0 Å². The zero-order valence-corrected chi connectivity index (χ0v) is 20.5. The molecule has 1 aromatic heterocycles. The lowest BCUT2D eigenvalue weighted by atomic mass is 10.0. The summed E-state index contributed by atoms with van der Waals surface area (Å²) < 4.78 is 13.8. The van der Waals surface area contributed by atoms with Crippen LogP contribution in [0, 0.1) is 6.92 Å². The molecule has 1 saturated heterocycles. The van der Waals surface area contributed by atoms with Crippen LogP contribution in [0.3, 0.4) is 0 Å². The van der Waals surface area contributed by atoms with Gasteiger partial charge in [0.1, 0.15) is 36.1 Å². The molecule has 1 amide bonds. The third-order valence-corrected chi connectivity index (χ3v) is 6.24. The first-order valence-electron chi connectivity index (χ1n) is 12.0. The quantitative estimate of drug-likeness (QED) is 0.510. The van der Waals surface area contributed by atoms with Gasteiger partial charge in [-0.05, 0) is 36.8 Å². The molecule has 0 radical (unpaired) electrons. The Morgan fingerprint density at radius 2 is 1.77 bits per heavy atom. The van der Waals surface area contributed by atoms with Gasteiger partial charge in [0.2, 0.25) is 5.91 Å². The SMILES string of the molecule is CC(=O)N1CCN(Cc2ccc(OCCn3ccnc3C)cc2)C[C@@](O)(COc2ccccc2)C1. The number of carbonyl (C=O) groups excluding carboxylic acids is 1. The predicted molar refractivity (Wildman–Crippen MR) is 133 cm³/mol. The van der Waals surface area contributed by atoms with E-state index in [0.717, 1.165) is 23.7 Å². The first-order valence-corrected chi connectivity index (χ1v) is 12.0. The number of β-amino-alcohol motifs (C(OH)–C–C–N with tert-alkyl or cyclic N) is 1. The van der Waals surface area contributed by atoms with Gasteiger partial charge in [0, 0.05) is 45.5 Å². The van der Waals surface area contributed by atoms with Gasteiger partial charge >= 0.3 is 0 Å². The fourth-order valence-corrected chi connectivity index (χ4v) is 4.32. The van der Waals surface area contributed by atoms with Crippen LogP contribution in [0.1, 0.15) is 18.3 Å². The summed E-state index contributed by atoms with van der Waals surface area (Å²) in [5.41, 5.74) is -0.0580. The highest BCUT2D eigenvalue weighted by molar-refractivity contribution is 5.73. The van der Waals surface area contributed by atoms with E-state index in [9.17, 15) is 9.90 Å². The molecule has 8 nitrogen and oxygen atoms in total. The van der Waals surface area contributed by atoms with Crippen LogP contribution in [0.2, 0.25) is 0 Å². The highest BCUT2D eigenvalue weighted by Crippen LogP contribution is 2.21. The molecule has 0 spiro atoms. The number of aromatic nitrogens is 2. The van der Waals surface area contributed by atoms with Gasteiger partial charge in [0.15, 0.2) is 0 Å². The van der Waals surface area contributed by atoms with Crippen LogP contribution in [-0.2, 0) is 17.9 Å². The smallest absolute Gasteiger partial charge is 0.219 e. The molecule has 0 unspecified atom stereocenters. The van der Waals surface area contributed by atoms with Gasteiger partial charge < -0.3 is 24.0 Å². The first kappa shape index (κ1) is 24.8. The van der Waals surface area contributed by atoms with E-state index in [1.807, 2.05) is 67.7 Å². The molecule has 0 bridgehead atoms. The van der Waals surface area contributed by atoms with Crippen molar-refractivity contribution in [3.8, 4) is 11.5 Å². The van der Waals surface area contributed by atoms with Crippen molar-refractivity contribution < 1.29 is 19.4 Å². The van der Waals surface area contributed by atoms with Crippen molar-refractivity contribution >= 4 is 5.91 Å².